The van der Waals surface area contributed by atoms with E-state index in [1.807, 2.05) is 32.9 Å². The van der Waals surface area contributed by atoms with Gasteiger partial charge in [-0.2, -0.15) is 0 Å². The number of aryl methyl sites for hydroxylation is 1. The summed E-state index contributed by atoms with van der Waals surface area (Å²) in [6.07, 6.45) is 3.13. The second kappa shape index (κ2) is 6.20. The van der Waals surface area contributed by atoms with Crippen LogP contribution in [0.2, 0.25) is 0 Å². The minimum Gasteiger partial charge on any atom is -0.507 e. The summed E-state index contributed by atoms with van der Waals surface area (Å²) in [7, 11) is 0. The van der Waals surface area contributed by atoms with E-state index in [-0.39, 0.29) is 11.5 Å². The molecular formula is C19H17N3O2. The van der Waals surface area contributed by atoms with E-state index in [0.29, 0.717) is 22.5 Å². The molecule has 0 fully saturated rings. The number of rotatable bonds is 3. The number of hydrogen-bond donors (Lipinski definition) is 1. The molecule has 0 aliphatic rings. The lowest BCUT2D eigenvalue weighted by Crippen LogP contribution is -2.11. The number of hydrogen-bond acceptors (Lipinski definition) is 5. The summed E-state index contributed by atoms with van der Waals surface area (Å²) >= 11 is 0. The molecule has 0 spiro atoms. The lowest BCUT2D eigenvalue weighted by Gasteiger charge is -2.12. The van der Waals surface area contributed by atoms with Crippen molar-refractivity contribution in [1.82, 2.24) is 15.2 Å². The maximum Gasteiger partial charge on any atom is 0.215 e. The number of aromatic nitrogens is 3. The Morgan fingerprint density at radius 3 is 2.50 bits per heavy atom. The number of carbonyl (C=O) groups is 1. The average molecular weight is 319 g/mol. The Balaban J connectivity index is 2.08. The predicted molar refractivity (Wildman–Crippen MR) is 91.0 cm³/mol. The topological polar surface area (TPSA) is 76.0 Å². The molecule has 1 aromatic carbocycles. The normalized spacial score (nSPS) is 10.6. The molecule has 1 N–H and O–H groups in total. The SMILES string of the molecule is Cc1ccc(-c2nnc(C(=O)c3cccnc3)c(C)c2C)c(O)c1. The Kier molecular flexibility index (Phi) is 4.08. The van der Waals surface area contributed by atoms with Crippen LogP contribution in [-0.2, 0) is 0 Å². The van der Waals surface area contributed by atoms with E-state index in [1.54, 1.807) is 24.4 Å². The van der Waals surface area contributed by atoms with Crippen molar-refractivity contribution in [3.8, 4) is 17.0 Å². The van der Waals surface area contributed by atoms with E-state index in [2.05, 4.69) is 15.2 Å². The van der Waals surface area contributed by atoms with E-state index in [4.69, 9.17) is 0 Å². The third-order valence-corrected chi connectivity index (χ3v) is 4.07. The lowest BCUT2D eigenvalue weighted by molar-refractivity contribution is 0.103. The van der Waals surface area contributed by atoms with Crippen molar-refractivity contribution in [2.45, 2.75) is 20.8 Å². The van der Waals surface area contributed by atoms with Crippen LogP contribution in [0.4, 0.5) is 0 Å². The van der Waals surface area contributed by atoms with E-state index in [1.165, 1.54) is 6.20 Å². The summed E-state index contributed by atoms with van der Waals surface area (Å²) in [5.41, 5.74) is 4.48. The molecular weight excluding hydrogens is 302 g/mol. The number of carbonyl (C=O) groups excluding carboxylic acids is 1. The fourth-order valence-electron chi connectivity index (χ4n) is 2.55. The molecule has 120 valence electrons. The molecule has 2 aromatic heterocycles. The zero-order valence-electron chi connectivity index (χ0n) is 13.7. The minimum absolute atomic E-state index is 0.151. The van der Waals surface area contributed by atoms with Crippen molar-refractivity contribution in [2.75, 3.05) is 0 Å². The Labute approximate surface area is 140 Å². The smallest absolute Gasteiger partial charge is 0.215 e. The zero-order valence-corrected chi connectivity index (χ0v) is 13.7. The highest BCUT2D eigenvalue weighted by molar-refractivity contribution is 6.08. The van der Waals surface area contributed by atoms with Gasteiger partial charge in [-0.3, -0.25) is 9.78 Å². The first-order valence-electron chi connectivity index (χ1n) is 7.57. The van der Waals surface area contributed by atoms with Gasteiger partial charge in [0, 0.05) is 23.5 Å². The first-order valence-corrected chi connectivity index (χ1v) is 7.57. The van der Waals surface area contributed by atoms with Gasteiger partial charge in [-0.1, -0.05) is 6.07 Å². The summed E-state index contributed by atoms with van der Waals surface area (Å²) < 4.78 is 0. The van der Waals surface area contributed by atoms with Crippen LogP contribution in [0.25, 0.3) is 11.3 Å². The van der Waals surface area contributed by atoms with Crippen LogP contribution < -0.4 is 0 Å². The highest BCUT2D eigenvalue weighted by Crippen LogP contribution is 2.32. The van der Waals surface area contributed by atoms with E-state index in [9.17, 15) is 9.90 Å². The van der Waals surface area contributed by atoms with Crippen molar-refractivity contribution in [3.63, 3.8) is 0 Å². The van der Waals surface area contributed by atoms with Crippen molar-refractivity contribution in [1.29, 1.82) is 0 Å². The molecule has 0 aliphatic heterocycles. The summed E-state index contributed by atoms with van der Waals surface area (Å²) in [4.78, 5) is 16.6. The highest BCUT2D eigenvalue weighted by atomic mass is 16.3. The van der Waals surface area contributed by atoms with E-state index in [0.717, 1.165) is 16.7 Å². The second-order valence-corrected chi connectivity index (χ2v) is 5.74. The zero-order chi connectivity index (χ0) is 17.3. The number of aromatic hydroxyl groups is 1. The number of nitrogens with zero attached hydrogens (tertiary/aromatic N) is 3. The number of phenols is 1. The monoisotopic (exact) mass is 319 g/mol. The fourth-order valence-corrected chi connectivity index (χ4v) is 2.55. The lowest BCUT2D eigenvalue weighted by atomic mass is 9.98. The van der Waals surface area contributed by atoms with Crippen molar-refractivity contribution in [3.05, 3.63) is 70.7 Å². The number of benzene rings is 1. The molecule has 0 amide bonds. The van der Waals surface area contributed by atoms with E-state index >= 15 is 0 Å². The van der Waals surface area contributed by atoms with Crippen LogP contribution in [-0.4, -0.2) is 26.1 Å². The van der Waals surface area contributed by atoms with Crippen LogP contribution in [0.1, 0.15) is 32.7 Å². The molecule has 0 radical (unpaired) electrons. The van der Waals surface area contributed by atoms with Gasteiger partial charge < -0.3 is 5.11 Å². The molecule has 5 heteroatoms. The Hall–Kier alpha value is -3.08. The molecule has 3 rings (SSSR count). The molecule has 24 heavy (non-hydrogen) atoms. The van der Waals surface area contributed by atoms with Gasteiger partial charge in [0.25, 0.3) is 0 Å². The van der Waals surface area contributed by atoms with Crippen molar-refractivity contribution >= 4 is 5.78 Å². The van der Waals surface area contributed by atoms with Gasteiger partial charge in [-0.15, -0.1) is 10.2 Å². The maximum atomic E-state index is 12.6. The Morgan fingerprint density at radius 1 is 1.04 bits per heavy atom. The average Bonchev–Trinajstić information content (AvgIpc) is 2.58. The Morgan fingerprint density at radius 2 is 1.83 bits per heavy atom. The molecule has 2 heterocycles. The summed E-state index contributed by atoms with van der Waals surface area (Å²) in [5.74, 6) is -0.0611. The van der Waals surface area contributed by atoms with Gasteiger partial charge in [0.05, 0.1) is 5.69 Å². The van der Waals surface area contributed by atoms with Gasteiger partial charge >= 0.3 is 0 Å². The van der Waals surface area contributed by atoms with Gasteiger partial charge in [0.15, 0.2) is 0 Å². The third-order valence-electron chi connectivity index (χ3n) is 4.07. The quantitative estimate of drug-likeness (QED) is 0.749. The second-order valence-electron chi connectivity index (χ2n) is 5.74. The van der Waals surface area contributed by atoms with Crippen LogP contribution in [0.5, 0.6) is 5.75 Å². The van der Waals surface area contributed by atoms with E-state index < -0.39 is 0 Å². The molecule has 0 aliphatic carbocycles. The van der Waals surface area contributed by atoms with Gasteiger partial charge in [-0.05, 0) is 61.7 Å². The molecule has 0 bridgehead atoms. The highest BCUT2D eigenvalue weighted by Gasteiger charge is 2.19. The number of pyridine rings is 1. The number of ketones is 1. The minimum atomic E-state index is -0.212. The Bertz CT molecular complexity index is 921. The molecule has 0 saturated heterocycles. The predicted octanol–water partition coefficient (Wildman–Crippen LogP) is 3.40. The first-order chi connectivity index (χ1) is 11.5. The molecule has 0 saturated carbocycles. The fraction of sp³-hybridized carbons (Fsp3) is 0.158. The molecule has 0 atom stereocenters. The largest absolute Gasteiger partial charge is 0.507 e. The maximum absolute atomic E-state index is 12.6. The molecule has 0 unspecified atom stereocenters. The van der Waals surface area contributed by atoms with Crippen LogP contribution in [0.15, 0.2) is 42.7 Å². The molecule has 3 aromatic rings. The van der Waals surface area contributed by atoms with Gasteiger partial charge in [0.1, 0.15) is 11.4 Å². The van der Waals surface area contributed by atoms with Crippen LogP contribution >= 0.6 is 0 Å². The standard InChI is InChI=1S/C19H17N3O2/c1-11-6-7-15(16(23)9-11)17-12(2)13(3)18(22-21-17)19(24)14-5-4-8-20-10-14/h4-10,23H,1-3H3. The summed E-state index contributed by atoms with van der Waals surface area (Å²) in [6, 6.07) is 8.80. The van der Waals surface area contributed by atoms with Gasteiger partial charge in [0.2, 0.25) is 5.78 Å². The van der Waals surface area contributed by atoms with Gasteiger partial charge in [-0.25, -0.2) is 0 Å². The first kappa shape index (κ1) is 15.8. The summed E-state index contributed by atoms with van der Waals surface area (Å²) in [5, 5.41) is 18.5. The third kappa shape index (κ3) is 2.76. The van der Waals surface area contributed by atoms with Crippen molar-refractivity contribution < 1.29 is 9.90 Å². The van der Waals surface area contributed by atoms with Crippen molar-refractivity contribution in [2.24, 2.45) is 0 Å². The van der Waals surface area contributed by atoms with Crippen LogP contribution in [0.3, 0.4) is 0 Å². The van der Waals surface area contributed by atoms with Crippen LogP contribution in [0, 0.1) is 20.8 Å². The number of phenolic OH excluding ortho intramolecular Hbond substituents is 1. The summed E-state index contributed by atoms with van der Waals surface area (Å²) in [6.45, 7) is 5.62. The molecule has 5 nitrogen and oxygen atoms in total.